The molecule has 1 amide bonds. The lowest BCUT2D eigenvalue weighted by atomic mass is 10.0. The number of β-amino-alcohol motifs (C(OH)–C–C–N with tert-alkyl or cyclic N) is 1. The van der Waals surface area contributed by atoms with Gasteiger partial charge in [0.2, 0.25) is 0 Å². The predicted molar refractivity (Wildman–Crippen MR) is 83.0 cm³/mol. The van der Waals surface area contributed by atoms with E-state index in [1.807, 2.05) is 54.2 Å². The highest BCUT2D eigenvalue weighted by Crippen LogP contribution is 2.19. The monoisotopic (exact) mass is 300 g/mol. The molecule has 2 heterocycles. The van der Waals surface area contributed by atoms with Gasteiger partial charge in [-0.25, -0.2) is 0 Å². The van der Waals surface area contributed by atoms with Gasteiger partial charge in [-0.1, -0.05) is 0 Å². The minimum absolute atomic E-state index is 0.104. The average Bonchev–Trinajstić information content (AvgIpc) is 3.03. The molecule has 1 aliphatic heterocycles. The lowest BCUT2D eigenvalue weighted by molar-refractivity contribution is -0.0321. The predicted octanol–water partition coefficient (Wildman–Crippen LogP) is 1.35. The van der Waals surface area contributed by atoms with Crippen molar-refractivity contribution in [1.82, 2.24) is 9.47 Å². The van der Waals surface area contributed by atoms with Crippen molar-refractivity contribution in [3.63, 3.8) is 0 Å². The highest BCUT2D eigenvalue weighted by Gasteiger charge is 2.29. The number of aromatic nitrogens is 1. The Hall–Kier alpha value is -2.11. The van der Waals surface area contributed by atoms with Gasteiger partial charge in [0.1, 0.15) is 0 Å². The van der Waals surface area contributed by atoms with Crippen LogP contribution in [0.25, 0.3) is 5.69 Å². The lowest BCUT2D eigenvalue weighted by Gasteiger charge is -2.33. The fourth-order valence-corrected chi connectivity index (χ4v) is 2.86. The zero-order valence-electron chi connectivity index (χ0n) is 12.5. The molecule has 3 rings (SSSR count). The molecule has 2 aromatic rings. The number of hydrogen-bond donors (Lipinski definition) is 2. The van der Waals surface area contributed by atoms with Crippen molar-refractivity contribution in [1.29, 1.82) is 0 Å². The Morgan fingerprint density at radius 1 is 1.18 bits per heavy atom. The van der Waals surface area contributed by atoms with Crippen molar-refractivity contribution in [2.45, 2.75) is 25.6 Å². The van der Waals surface area contributed by atoms with Gasteiger partial charge in [-0.2, -0.15) is 0 Å². The summed E-state index contributed by atoms with van der Waals surface area (Å²) in [7, 11) is 0. The van der Waals surface area contributed by atoms with Crippen LogP contribution in [-0.2, 0) is 0 Å². The van der Waals surface area contributed by atoms with Gasteiger partial charge < -0.3 is 19.7 Å². The highest BCUT2D eigenvalue weighted by atomic mass is 16.3. The summed E-state index contributed by atoms with van der Waals surface area (Å²) in [6, 6.07) is 9.52. The third-order valence-corrected chi connectivity index (χ3v) is 4.16. The Balaban J connectivity index is 1.80. The second-order valence-electron chi connectivity index (χ2n) is 5.77. The van der Waals surface area contributed by atoms with Crippen molar-refractivity contribution >= 4 is 5.91 Å². The van der Waals surface area contributed by atoms with Gasteiger partial charge in [0.15, 0.2) is 0 Å². The van der Waals surface area contributed by atoms with Crippen molar-refractivity contribution in [3.8, 4) is 5.69 Å². The van der Waals surface area contributed by atoms with Crippen LogP contribution in [-0.4, -0.2) is 50.9 Å². The normalized spacial score (nSPS) is 21.9. The van der Waals surface area contributed by atoms with E-state index in [0.717, 1.165) is 11.3 Å². The quantitative estimate of drug-likeness (QED) is 0.880. The van der Waals surface area contributed by atoms with E-state index in [1.165, 1.54) is 0 Å². The van der Waals surface area contributed by atoms with Crippen LogP contribution in [0.1, 0.15) is 22.3 Å². The van der Waals surface area contributed by atoms with Crippen LogP contribution >= 0.6 is 0 Å². The summed E-state index contributed by atoms with van der Waals surface area (Å²) in [5, 5.41) is 19.3. The number of nitrogens with zero attached hydrogens (tertiary/aromatic N) is 2. The molecule has 5 nitrogen and oxygen atoms in total. The van der Waals surface area contributed by atoms with E-state index in [4.69, 9.17) is 0 Å². The Labute approximate surface area is 129 Å². The summed E-state index contributed by atoms with van der Waals surface area (Å²) >= 11 is 0. The number of carbonyl (C=O) groups excluding carboxylic acids is 1. The van der Waals surface area contributed by atoms with Crippen LogP contribution in [0.3, 0.4) is 0 Å². The zero-order chi connectivity index (χ0) is 15.7. The fourth-order valence-electron chi connectivity index (χ4n) is 2.86. The smallest absolute Gasteiger partial charge is 0.253 e. The number of likely N-dealkylation sites (tertiary alicyclic amines) is 1. The Morgan fingerprint density at radius 3 is 2.55 bits per heavy atom. The number of carbonyl (C=O) groups is 1. The number of benzene rings is 1. The van der Waals surface area contributed by atoms with E-state index >= 15 is 0 Å². The molecule has 1 fully saturated rings. The molecular formula is C17H20N2O3. The van der Waals surface area contributed by atoms with Gasteiger partial charge in [-0.15, -0.1) is 0 Å². The van der Waals surface area contributed by atoms with Gasteiger partial charge in [0.25, 0.3) is 5.91 Å². The Bertz CT molecular complexity index is 667. The van der Waals surface area contributed by atoms with Gasteiger partial charge in [0.05, 0.1) is 12.2 Å². The summed E-state index contributed by atoms with van der Waals surface area (Å²) in [6.45, 7) is 2.62. The van der Waals surface area contributed by atoms with Gasteiger partial charge in [-0.3, -0.25) is 4.79 Å². The van der Waals surface area contributed by atoms with Crippen molar-refractivity contribution in [2.24, 2.45) is 0 Å². The number of amides is 1. The topological polar surface area (TPSA) is 65.7 Å². The van der Waals surface area contributed by atoms with Crippen LogP contribution in [0.4, 0.5) is 0 Å². The Kier molecular flexibility index (Phi) is 4.00. The second-order valence-corrected chi connectivity index (χ2v) is 5.77. The maximum atomic E-state index is 12.5. The Morgan fingerprint density at radius 2 is 1.91 bits per heavy atom. The molecule has 5 heteroatoms. The summed E-state index contributed by atoms with van der Waals surface area (Å²) in [5.74, 6) is -0.104. The summed E-state index contributed by atoms with van der Waals surface area (Å²) in [4.78, 5) is 14.1. The second kappa shape index (κ2) is 5.94. The van der Waals surface area contributed by atoms with Crippen LogP contribution < -0.4 is 0 Å². The molecule has 1 aromatic heterocycles. The van der Waals surface area contributed by atoms with E-state index in [9.17, 15) is 15.0 Å². The number of piperidine rings is 1. The highest BCUT2D eigenvalue weighted by molar-refractivity contribution is 5.94. The minimum Gasteiger partial charge on any atom is -0.390 e. The van der Waals surface area contributed by atoms with Crippen LogP contribution in [0.2, 0.25) is 0 Å². The SMILES string of the molecule is Cc1cc(C(=O)N2CC[C@H](O)[C@@H](O)C2)ccc1-n1cccc1. The number of aliphatic hydroxyl groups excluding tert-OH is 2. The zero-order valence-corrected chi connectivity index (χ0v) is 12.5. The van der Waals surface area contributed by atoms with Crippen LogP contribution in [0.15, 0.2) is 42.7 Å². The summed E-state index contributed by atoms with van der Waals surface area (Å²) in [5.41, 5.74) is 2.66. The van der Waals surface area contributed by atoms with Crippen molar-refractivity contribution < 1.29 is 15.0 Å². The third-order valence-electron chi connectivity index (χ3n) is 4.16. The van der Waals surface area contributed by atoms with E-state index < -0.39 is 12.2 Å². The van der Waals surface area contributed by atoms with E-state index in [1.54, 1.807) is 4.90 Å². The molecule has 0 radical (unpaired) electrons. The minimum atomic E-state index is -0.863. The number of rotatable bonds is 2. The van der Waals surface area contributed by atoms with Gasteiger partial charge in [-0.05, 0) is 49.2 Å². The lowest BCUT2D eigenvalue weighted by Crippen LogP contribution is -2.48. The molecule has 0 bridgehead atoms. The molecule has 2 atom stereocenters. The summed E-state index contributed by atoms with van der Waals surface area (Å²) in [6.07, 6.45) is 2.74. The molecular weight excluding hydrogens is 280 g/mol. The molecule has 0 spiro atoms. The first kappa shape index (κ1) is 14.8. The first-order chi connectivity index (χ1) is 10.6. The number of hydrogen-bond acceptors (Lipinski definition) is 3. The fraction of sp³-hybridized carbons (Fsp3) is 0.353. The first-order valence-corrected chi connectivity index (χ1v) is 7.45. The van der Waals surface area contributed by atoms with E-state index in [0.29, 0.717) is 18.5 Å². The molecule has 0 saturated carbocycles. The molecule has 116 valence electrons. The molecule has 1 saturated heterocycles. The average molecular weight is 300 g/mol. The van der Waals surface area contributed by atoms with E-state index in [2.05, 4.69) is 0 Å². The first-order valence-electron chi connectivity index (χ1n) is 7.45. The van der Waals surface area contributed by atoms with Crippen LogP contribution in [0, 0.1) is 6.92 Å². The summed E-state index contributed by atoms with van der Waals surface area (Å²) < 4.78 is 2.00. The number of aryl methyl sites for hydroxylation is 1. The van der Waals surface area contributed by atoms with Gasteiger partial charge in [0, 0.05) is 36.7 Å². The number of aliphatic hydroxyl groups is 2. The maximum absolute atomic E-state index is 12.5. The largest absolute Gasteiger partial charge is 0.390 e. The van der Waals surface area contributed by atoms with E-state index in [-0.39, 0.29) is 12.5 Å². The molecule has 22 heavy (non-hydrogen) atoms. The third kappa shape index (κ3) is 2.77. The van der Waals surface area contributed by atoms with Crippen LogP contribution in [0.5, 0.6) is 0 Å². The maximum Gasteiger partial charge on any atom is 0.253 e. The van der Waals surface area contributed by atoms with Gasteiger partial charge >= 0.3 is 0 Å². The molecule has 2 N–H and O–H groups in total. The van der Waals surface area contributed by atoms with Crippen molar-refractivity contribution in [2.75, 3.05) is 13.1 Å². The molecule has 1 aromatic carbocycles. The molecule has 1 aliphatic rings. The standard InChI is InChI=1S/C17H20N2O3/c1-12-10-13(4-5-14(12)18-7-2-3-8-18)17(22)19-9-6-15(20)16(21)11-19/h2-5,7-8,10,15-16,20-21H,6,9,11H2,1H3/t15-,16-/m0/s1. The molecule has 0 unspecified atom stereocenters. The molecule has 0 aliphatic carbocycles. The van der Waals surface area contributed by atoms with Crippen molar-refractivity contribution in [3.05, 3.63) is 53.9 Å².